The summed E-state index contributed by atoms with van der Waals surface area (Å²) < 4.78 is 12.6. The number of anilines is 1. The number of urea groups is 1. The molecular weight excluding hydrogens is 384 g/mol. The number of piperidine rings is 1. The lowest BCUT2D eigenvalue weighted by atomic mass is 9.89. The standard InChI is InChI=1S/C22H30N4O4/c1-23-21(28)25-11-12-26(20(27)14-25)18-5-6-19-16(13-18)15-29-22(30-19)7-9-24(10-8-22)17-3-2-4-17/h5-6,13,17H,2-4,7-12,14-15H2,1H3,(H,23,28). The monoisotopic (exact) mass is 414 g/mol. The van der Waals surface area contributed by atoms with Crippen LogP contribution in [0.25, 0.3) is 0 Å². The van der Waals surface area contributed by atoms with Crippen LogP contribution in [0.3, 0.4) is 0 Å². The second kappa shape index (κ2) is 7.74. The summed E-state index contributed by atoms with van der Waals surface area (Å²) in [6.45, 7) is 3.64. The number of ether oxygens (including phenoxy) is 2. The number of nitrogens with one attached hydrogen (secondary N) is 1. The van der Waals surface area contributed by atoms with E-state index < -0.39 is 5.79 Å². The number of fused-ring (bicyclic) bond motifs is 1. The quantitative estimate of drug-likeness (QED) is 0.801. The molecule has 5 rings (SSSR count). The number of nitrogens with zero attached hydrogens (tertiary/aromatic N) is 3. The number of likely N-dealkylation sites (tertiary alicyclic amines) is 1. The molecule has 162 valence electrons. The molecule has 3 fully saturated rings. The van der Waals surface area contributed by atoms with Crippen molar-refractivity contribution in [1.29, 1.82) is 0 Å². The van der Waals surface area contributed by atoms with Crippen LogP contribution >= 0.6 is 0 Å². The first-order valence-corrected chi connectivity index (χ1v) is 11.0. The van der Waals surface area contributed by atoms with Gasteiger partial charge in [-0.05, 0) is 31.0 Å². The molecule has 1 aromatic carbocycles. The first-order chi connectivity index (χ1) is 14.6. The molecule has 1 aliphatic carbocycles. The summed E-state index contributed by atoms with van der Waals surface area (Å²) in [5, 5.41) is 2.57. The molecule has 0 unspecified atom stereocenters. The Labute approximate surface area is 177 Å². The van der Waals surface area contributed by atoms with Crippen molar-refractivity contribution in [1.82, 2.24) is 15.1 Å². The lowest BCUT2D eigenvalue weighted by molar-refractivity contribution is -0.231. The van der Waals surface area contributed by atoms with Crippen molar-refractivity contribution in [3.05, 3.63) is 23.8 Å². The fourth-order valence-corrected chi connectivity index (χ4v) is 4.89. The summed E-state index contributed by atoms with van der Waals surface area (Å²) in [5.74, 6) is 0.268. The highest BCUT2D eigenvalue weighted by Crippen LogP contribution is 2.40. The smallest absolute Gasteiger partial charge is 0.317 e. The van der Waals surface area contributed by atoms with Crippen molar-refractivity contribution < 1.29 is 19.1 Å². The predicted molar refractivity (Wildman–Crippen MR) is 111 cm³/mol. The molecule has 3 amide bonds. The lowest BCUT2D eigenvalue weighted by Crippen LogP contribution is -2.55. The minimum absolute atomic E-state index is 0.0812. The number of carbonyl (C=O) groups excluding carboxylic acids is 2. The molecule has 1 aromatic rings. The van der Waals surface area contributed by atoms with Crippen molar-refractivity contribution >= 4 is 17.6 Å². The molecule has 0 atom stereocenters. The average molecular weight is 415 g/mol. The summed E-state index contributed by atoms with van der Waals surface area (Å²) in [6, 6.07) is 6.44. The van der Waals surface area contributed by atoms with Gasteiger partial charge in [0.1, 0.15) is 12.3 Å². The molecule has 1 spiro atoms. The Bertz CT molecular complexity index is 832. The van der Waals surface area contributed by atoms with Gasteiger partial charge in [-0.2, -0.15) is 0 Å². The number of hydrogen-bond acceptors (Lipinski definition) is 5. The predicted octanol–water partition coefficient (Wildman–Crippen LogP) is 1.93. The van der Waals surface area contributed by atoms with Crippen LogP contribution in [0.2, 0.25) is 0 Å². The highest BCUT2D eigenvalue weighted by molar-refractivity contribution is 5.97. The van der Waals surface area contributed by atoms with Crippen LogP contribution in [-0.4, -0.2) is 73.3 Å². The topological polar surface area (TPSA) is 74.3 Å². The third kappa shape index (κ3) is 3.52. The maximum Gasteiger partial charge on any atom is 0.317 e. The number of piperazine rings is 1. The molecule has 8 heteroatoms. The fraction of sp³-hybridized carbons (Fsp3) is 0.636. The summed E-state index contributed by atoms with van der Waals surface area (Å²) in [7, 11) is 1.58. The number of hydrogen-bond donors (Lipinski definition) is 1. The average Bonchev–Trinajstić information content (AvgIpc) is 2.73. The summed E-state index contributed by atoms with van der Waals surface area (Å²) in [4.78, 5) is 30.2. The second-order valence-electron chi connectivity index (χ2n) is 8.74. The van der Waals surface area contributed by atoms with Crippen LogP contribution in [0.1, 0.15) is 37.7 Å². The SMILES string of the molecule is CNC(=O)N1CCN(c2ccc3c(c2)COC2(CCN(C4CCC4)CC2)O3)C(=O)C1. The van der Waals surface area contributed by atoms with Gasteiger partial charge in [0.05, 0.1) is 6.61 Å². The molecule has 1 N–H and O–H groups in total. The molecule has 3 heterocycles. The first-order valence-electron chi connectivity index (χ1n) is 11.0. The maximum absolute atomic E-state index is 12.6. The van der Waals surface area contributed by atoms with Crippen molar-refractivity contribution in [2.75, 3.05) is 44.7 Å². The third-order valence-electron chi connectivity index (χ3n) is 7.02. The van der Waals surface area contributed by atoms with Crippen LogP contribution in [0, 0.1) is 0 Å². The van der Waals surface area contributed by atoms with Gasteiger partial charge in [0.2, 0.25) is 11.7 Å². The maximum atomic E-state index is 12.6. The van der Waals surface area contributed by atoms with E-state index in [0.717, 1.165) is 49.0 Å². The van der Waals surface area contributed by atoms with E-state index in [4.69, 9.17) is 9.47 Å². The zero-order valence-electron chi connectivity index (χ0n) is 17.6. The number of carbonyl (C=O) groups is 2. The first kappa shape index (κ1) is 19.6. The fourth-order valence-electron chi connectivity index (χ4n) is 4.89. The molecule has 2 saturated heterocycles. The minimum Gasteiger partial charge on any atom is -0.462 e. The lowest BCUT2D eigenvalue weighted by Gasteiger charge is -2.47. The minimum atomic E-state index is -0.510. The second-order valence-corrected chi connectivity index (χ2v) is 8.74. The van der Waals surface area contributed by atoms with Crippen molar-refractivity contribution in [3.8, 4) is 5.75 Å². The van der Waals surface area contributed by atoms with Crippen LogP contribution in [0.5, 0.6) is 5.75 Å². The van der Waals surface area contributed by atoms with Crippen molar-refractivity contribution in [2.45, 2.75) is 50.5 Å². The summed E-state index contributed by atoms with van der Waals surface area (Å²) in [5.41, 5.74) is 1.80. The van der Waals surface area contributed by atoms with Gasteiger partial charge in [0.15, 0.2) is 0 Å². The number of amides is 3. The van der Waals surface area contributed by atoms with Gasteiger partial charge >= 0.3 is 6.03 Å². The summed E-state index contributed by atoms with van der Waals surface area (Å²) in [6.07, 6.45) is 5.81. The van der Waals surface area contributed by atoms with Gasteiger partial charge in [-0.15, -0.1) is 0 Å². The van der Waals surface area contributed by atoms with E-state index in [9.17, 15) is 9.59 Å². The normalized spacial score (nSPS) is 24.2. The molecule has 0 aromatic heterocycles. The Morgan fingerprint density at radius 1 is 1.17 bits per heavy atom. The number of rotatable bonds is 2. The molecule has 30 heavy (non-hydrogen) atoms. The molecule has 0 radical (unpaired) electrons. The van der Waals surface area contributed by atoms with Crippen LogP contribution in [0.15, 0.2) is 18.2 Å². The zero-order valence-corrected chi connectivity index (χ0v) is 17.6. The van der Waals surface area contributed by atoms with Gasteiger partial charge in [0, 0.05) is 63.4 Å². The van der Waals surface area contributed by atoms with Gasteiger partial charge in [0.25, 0.3) is 0 Å². The molecule has 4 aliphatic rings. The molecular formula is C22H30N4O4. The van der Waals surface area contributed by atoms with E-state index >= 15 is 0 Å². The number of benzene rings is 1. The van der Waals surface area contributed by atoms with E-state index in [2.05, 4.69) is 10.2 Å². The molecule has 1 saturated carbocycles. The third-order valence-corrected chi connectivity index (χ3v) is 7.02. The zero-order chi connectivity index (χ0) is 20.7. The summed E-state index contributed by atoms with van der Waals surface area (Å²) >= 11 is 0. The highest BCUT2D eigenvalue weighted by atomic mass is 16.7. The Hall–Kier alpha value is -2.32. The largest absolute Gasteiger partial charge is 0.462 e. The van der Waals surface area contributed by atoms with Gasteiger partial charge < -0.3 is 24.6 Å². The van der Waals surface area contributed by atoms with E-state index in [1.165, 1.54) is 24.2 Å². The van der Waals surface area contributed by atoms with Gasteiger partial charge in [-0.3, -0.25) is 9.69 Å². The Morgan fingerprint density at radius 2 is 1.97 bits per heavy atom. The van der Waals surface area contributed by atoms with Crippen molar-refractivity contribution in [3.63, 3.8) is 0 Å². The van der Waals surface area contributed by atoms with E-state index in [1.807, 2.05) is 18.2 Å². The Balaban J connectivity index is 1.24. The Morgan fingerprint density at radius 3 is 2.63 bits per heavy atom. The van der Waals surface area contributed by atoms with E-state index in [1.54, 1.807) is 11.9 Å². The van der Waals surface area contributed by atoms with Gasteiger partial charge in [-0.25, -0.2) is 4.79 Å². The van der Waals surface area contributed by atoms with Crippen LogP contribution < -0.4 is 15.0 Å². The molecule has 0 bridgehead atoms. The van der Waals surface area contributed by atoms with Crippen LogP contribution in [-0.2, 0) is 16.1 Å². The highest BCUT2D eigenvalue weighted by Gasteiger charge is 2.43. The Kier molecular flexibility index (Phi) is 5.06. The van der Waals surface area contributed by atoms with E-state index in [0.29, 0.717) is 19.7 Å². The molecule has 3 aliphatic heterocycles. The van der Waals surface area contributed by atoms with Gasteiger partial charge in [-0.1, -0.05) is 6.42 Å². The van der Waals surface area contributed by atoms with E-state index in [-0.39, 0.29) is 18.5 Å². The van der Waals surface area contributed by atoms with Crippen molar-refractivity contribution in [2.24, 2.45) is 0 Å². The molecule has 8 nitrogen and oxygen atoms in total. The van der Waals surface area contributed by atoms with Crippen LogP contribution in [0.4, 0.5) is 10.5 Å².